The van der Waals surface area contributed by atoms with Gasteiger partial charge in [0.25, 0.3) is 5.91 Å². The number of benzene rings is 1. The van der Waals surface area contributed by atoms with Crippen LogP contribution in [0, 0.1) is 0 Å². The monoisotopic (exact) mass is 395 g/mol. The molecule has 0 saturated heterocycles. The van der Waals surface area contributed by atoms with Crippen LogP contribution in [0.25, 0.3) is 0 Å². The molecule has 2 N–H and O–H groups in total. The Labute approximate surface area is 157 Å². The van der Waals surface area contributed by atoms with Crippen LogP contribution in [0.4, 0.5) is 11.4 Å². The Morgan fingerprint density at radius 2 is 2.11 bits per heavy atom. The highest BCUT2D eigenvalue weighted by molar-refractivity contribution is 7.92. The van der Waals surface area contributed by atoms with Crippen molar-refractivity contribution in [2.24, 2.45) is 0 Å². The number of ether oxygens (including phenoxy) is 1. The molecule has 0 unspecified atom stereocenters. The van der Waals surface area contributed by atoms with E-state index in [4.69, 9.17) is 9.84 Å². The molecular weight excluding hydrogens is 374 g/mol. The average molecular weight is 395 g/mol. The first-order chi connectivity index (χ1) is 12.8. The van der Waals surface area contributed by atoms with Gasteiger partial charge in [0.15, 0.2) is 0 Å². The fourth-order valence-electron chi connectivity index (χ4n) is 3.29. The van der Waals surface area contributed by atoms with E-state index in [0.29, 0.717) is 24.3 Å². The van der Waals surface area contributed by atoms with Gasteiger partial charge in [0.1, 0.15) is 5.70 Å². The lowest BCUT2D eigenvalue weighted by molar-refractivity contribution is -0.136. The van der Waals surface area contributed by atoms with Gasteiger partial charge in [0, 0.05) is 18.8 Å². The minimum Gasteiger partial charge on any atom is -0.466 e. The van der Waals surface area contributed by atoms with E-state index in [1.807, 2.05) is 0 Å². The molecule has 0 aliphatic carbocycles. The van der Waals surface area contributed by atoms with Crippen LogP contribution in [-0.2, 0) is 30.8 Å². The van der Waals surface area contributed by atoms with Gasteiger partial charge in [0.05, 0.1) is 37.8 Å². The Hall–Kier alpha value is -2.59. The number of hydrogen-bond acceptors (Lipinski definition) is 7. The second-order valence-electron chi connectivity index (χ2n) is 6.35. The van der Waals surface area contributed by atoms with E-state index >= 15 is 0 Å². The summed E-state index contributed by atoms with van der Waals surface area (Å²) >= 11 is 0. The molecule has 0 bridgehead atoms. The molecule has 27 heavy (non-hydrogen) atoms. The zero-order valence-corrected chi connectivity index (χ0v) is 15.9. The maximum atomic E-state index is 12.5. The summed E-state index contributed by atoms with van der Waals surface area (Å²) in [5.74, 6) is -1.02. The summed E-state index contributed by atoms with van der Waals surface area (Å²) in [5, 5.41) is 12.1. The van der Waals surface area contributed by atoms with Crippen molar-refractivity contribution in [3.8, 4) is 0 Å². The van der Waals surface area contributed by atoms with Crippen LogP contribution < -0.4 is 9.62 Å². The van der Waals surface area contributed by atoms with Crippen molar-refractivity contribution in [2.75, 3.05) is 49.2 Å². The van der Waals surface area contributed by atoms with Gasteiger partial charge in [-0.1, -0.05) is 0 Å². The van der Waals surface area contributed by atoms with Gasteiger partial charge in [-0.05, 0) is 30.2 Å². The van der Waals surface area contributed by atoms with E-state index in [2.05, 4.69) is 5.32 Å². The largest absolute Gasteiger partial charge is 0.466 e. The van der Waals surface area contributed by atoms with Gasteiger partial charge in [-0.15, -0.1) is 0 Å². The summed E-state index contributed by atoms with van der Waals surface area (Å²) in [5.41, 5.74) is 2.32. The number of aliphatic hydroxyl groups excluding tert-OH is 1. The molecule has 0 aromatic heterocycles. The molecule has 0 atom stereocenters. The third-order valence-corrected chi connectivity index (χ3v) is 5.74. The van der Waals surface area contributed by atoms with Crippen LogP contribution in [0.5, 0.6) is 0 Å². The quantitative estimate of drug-likeness (QED) is 0.634. The number of nitrogens with zero attached hydrogens (tertiary/aromatic N) is 2. The zero-order chi connectivity index (χ0) is 19.8. The second-order valence-corrected chi connectivity index (χ2v) is 8.26. The number of sulfonamides is 1. The third-order valence-electron chi connectivity index (χ3n) is 4.56. The van der Waals surface area contributed by atoms with E-state index in [1.54, 1.807) is 18.2 Å². The first-order valence-corrected chi connectivity index (χ1v) is 10.2. The number of methoxy groups -OCH3 is 1. The fraction of sp³-hybridized carbons (Fsp3) is 0.412. The van der Waals surface area contributed by atoms with Gasteiger partial charge in [0.2, 0.25) is 10.0 Å². The van der Waals surface area contributed by atoms with Crippen LogP contribution in [0.2, 0.25) is 0 Å². The lowest BCUT2D eigenvalue weighted by atomic mass is 10.1. The Kier molecular flexibility index (Phi) is 5.11. The number of amides is 1. The normalized spacial score (nSPS) is 16.8. The van der Waals surface area contributed by atoms with Crippen molar-refractivity contribution in [3.05, 3.63) is 35.0 Å². The highest BCUT2D eigenvalue weighted by Crippen LogP contribution is 2.33. The van der Waals surface area contributed by atoms with Gasteiger partial charge in [-0.25, -0.2) is 13.2 Å². The third kappa shape index (κ3) is 3.62. The first-order valence-electron chi connectivity index (χ1n) is 8.35. The van der Waals surface area contributed by atoms with E-state index in [-0.39, 0.29) is 31.0 Å². The van der Waals surface area contributed by atoms with E-state index in [1.165, 1.54) is 16.3 Å². The van der Waals surface area contributed by atoms with E-state index in [9.17, 15) is 18.0 Å². The topological polar surface area (TPSA) is 116 Å². The van der Waals surface area contributed by atoms with Crippen molar-refractivity contribution < 1.29 is 27.9 Å². The summed E-state index contributed by atoms with van der Waals surface area (Å²) < 4.78 is 29.8. The molecule has 1 amide bonds. The molecule has 0 fully saturated rings. The predicted molar refractivity (Wildman–Crippen MR) is 98.7 cm³/mol. The average Bonchev–Trinajstić information content (AvgIpc) is 3.17. The highest BCUT2D eigenvalue weighted by atomic mass is 32.2. The molecule has 10 heteroatoms. The smallest absolute Gasteiger partial charge is 0.337 e. The number of rotatable bonds is 6. The molecule has 2 aliphatic heterocycles. The molecule has 1 aromatic rings. The van der Waals surface area contributed by atoms with Crippen LogP contribution in [0.15, 0.2) is 29.5 Å². The van der Waals surface area contributed by atoms with Crippen molar-refractivity contribution in [1.82, 2.24) is 4.90 Å². The lowest BCUT2D eigenvalue weighted by Gasteiger charge is -2.17. The molecule has 0 saturated carbocycles. The summed E-state index contributed by atoms with van der Waals surface area (Å²) in [7, 11) is -2.10. The van der Waals surface area contributed by atoms with Crippen molar-refractivity contribution >= 4 is 33.3 Å². The molecule has 2 heterocycles. The number of carbonyl (C=O) groups excluding carboxylic acids is 2. The molecule has 146 valence electrons. The first kappa shape index (κ1) is 19.2. The van der Waals surface area contributed by atoms with Gasteiger partial charge < -0.3 is 20.1 Å². The number of hydrogen-bond donors (Lipinski definition) is 2. The zero-order valence-electron chi connectivity index (χ0n) is 15.1. The van der Waals surface area contributed by atoms with Crippen molar-refractivity contribution in [2.45, 2.75) is 6.42 Å². The Bertz CT molecular complexity index is 925. The molecule has 2 aliphatic rings. The van der Waals surface area contributed by atoms with E-state index in [0.717, 1.165) is 11.8 Å². The Morgan fingerprint density at radius 1 is 1.37 bits per heavy atom. The molecule has 0 radical (unpaired) electrons. The molecule has 3 rings (SSSR count). The van der Waals surface area contributed by atoms with Crippen molar-refractivity contribution in [1.29, 1.82) is 0 Å². The minimum absolute atomic E-state index is 0.0567. The number of β-amino-alcohol motifs (C(OH)–C–C–N with tert-alkyl or cyclic N) is 1. The molecular formula is C17H21N3O6S. The molecule has 9 nitrogen and oxygen atoms in total. The van der Waals surface area contributed by atoms with Gasteiger partial charge in [-0.3, -0.25) is 9.10 Å². The van der Waals surface area contributed by atoms with Crippen LogP contribution in [-0.4, -0.2) is 69.9 Å². The minimum atomic E-state index is -3.34. The standard InChI is InChI=1S/C17H21N3O6S/c1-26-17(23)13-10-19(7-8-21)16(22)15(13)18-12-3-4-14-11(9-12)5-6-20(14)27(2,24)25/h3-4,9,18,21H,5-8,10H2,1-2H3. The SMILES string of the molecule is COC(=O)C1=C(Nc2ccc3c(c2)CCN3S(C)(=O)=O)C(=O)N(CCO)C1. The Morgan fingerprint density at radius 3 is 2.74 bits per heavy atom. The summed E-state index contributed by atoms with van der Waals surface area (Å²) in [4.78, 5) is 25.9. The van der Waals surface area contributed by atoms with E-state index < -0.39 is 21.9 Å². The van der Waals surface area contributed by atoms with Gasteiger partial charge >= 0.3 is 5.97 Å². The van der Waals surface area contributed by atoms with Crippen LogP contribution >= 0.6 is 0 Å². The lowest BCUT2D eigenvalue weighted by Crippen LogP contribution is -2.31. The van der Waals surface area contributed by atoms with Crippen LogP contribution in [0.3, 0.4) is 0 Å². The molecule has 0 spiro atoms. The number of carbonyl (C=O) groups is 2. The maximum Gasteiger partial charge on any atom is 0.337 e. The summed E-state index contributed by atoms with van der Waals surface area (Å²) in [6.07, 6.45) is 1.72. The number of nitrogens with one attached hydrogen (secondary N) is 1. The highest BCUT2D eigenvalue weighted by Gasteiger charge is 2.34. The fourth-order valence-corrected chi connectivity index (χ4v) is 4.25. The summed E-state index contributed by atoms with van der Waals surface area (Å²) in [6, 6.07) is 5.10. The van der Waals surface area contributed by atoms with Crippen molar-refractivity contribution in [3.63, 3.8) is 0 Å². The number of aliphatic hydroxyl groups is 1. The second kappa shape index (κ2) is 7.20. The number of anilines is 2. The molecule has 1 aromatic carbocycles. The van der Waals surface area contributed by atoms with Crippen LogP contribution in [0.1, 0.15) is 5.56 Å². The Balaban J connectivity index is 1.90. The number of fused-ring (bicyclic) bond motifs is 1. The predicted octanol–water partition coefficient (Wildman–Crippen LogP) is -0.318. The maximum absolute atomic E-state index is 12.5. The summed E-state index contributed by atoms with van der Waals surface area (Å²) in [6.45, 7) is 0.323. The van der Waals surface area contributed by atoms with Gasteiger partial charge in [-0.2, -0.15) is 0 Å². The number of esters is 1.